The third-order valence-corrected chi connectivity index (χ3v) is 4.07. The predicted molar refractivity (Wildman–Crippen MR) is 107 cm³/mol. The van der Waals surface area contributed by atoms with Gasteiger partial charge in [-0.3, -0.25) is 9.78 Å². The van der Waals surface area contributed by atoms with E-state index in [2.05, 4.69) is 46.4 Å². The van der Waals surface area contributed by atoms with E-state index in [0.29, 0.717) is 18.2 Å². The fraction of sp³-hybridized carbons (Fsp3) is 0.238. The van der Waals surface area contributed by atoms with E-state index in [1.165, 1.54) is 0 Å². The Morgan fingerprint density at radius 2 is 1.74 bits per heavy atom. The molecule has 0 unspecified atom stereocenters. The van der Waals surface area contributed by atoms with Crippen molar-refractivity contribution >= 4 is 17.5 Å². The van der Waals surface area contributed by atoms with E-state index in [-0.39, 0.29) is 11.3 Å². The number of nitrogens with one attached hydrogen (secondary N) is 2. The van der Waals surface area contributed by atoms with E-state index < -0.39 is 0 Å². The van der Waals surface area contributed by atoms with Crippen molar-refractivity contribution < 1.29 is 4.79 Å². The largest absolute Gasteiger partial charge is 0.350 e. The van der Waals surface area contributed by atoms with Crippen molar-refractivity contribution in [3.63, 3.8) is 0 Å². The van der Waals surface area contributed by atoms with Crippen molar-refractivity contribution in [3.8, 4) is 0 Å². The fourth-order valence-corrected chi connectivity index (χ4v) is 2.68. The van der Waals surface area contributed by atoms with Crippen LogP contribution in [0.5, 0.6) is 0 Å². The Bertz CT molecular complexity index is 919. The van der Waals surface area contributed by atoms with Crippen LogP contribution < -0.4 is 10.6 Å². The molecule has 2 N–H and O–H groups in total. The molecule has 0 spiro atoms. The Morgan fingerprint density at radius 1 is 1.00 bits per heavy atom. The molecule has 0 atom stereocenters. The van der Waals surface area contributed by atoms with Gasteiger partial charge < -0.3 is 10.6 Å². The second-order valence-electron chi connectivity index (χ2n) is 7.22. The summed E-state index contributed by atoms with van der Waals surface area (Å²) in [7, 11) is 0. The normalized spacial score (nSPS) is 11.1. The summed E-state index contributed by atoms with van der Waals surface area (Å²) in [6.45, 7) is 6.90. The highest BCUT2D eigenvalue weighted by molar-refractivity contribution is 6.03. The fourth-order valence-electron chi connectivity index (χ4n) is 2.68. The number of benzene rings is 1. The maximum atomic E-state index is 12.7. The maximum absolute atomic E-state index is 12.7. The first-order valence-electron chi connectivity index (χ1n) is 8.80. The van der Waals surface area contributed by atoms with Crippen LogP contribution in [0, 0.1) is 0 Å². The molecule has 27 heavy (non-hydrogen) atoms. The number of rotatable bonds is 5. The molecule has 6 heteroatoms. The van der Waals surface area contributed by atoms with E-state index in [4.69, 9.17) is 0 Å². The highest BCUT2D eigenvalue weighted by Crippen LogP contribution is 2.29. The van der Waals surface area contributed by atoms with Crippen LogP contribution in [0.25, 0.3) is 0 Å². The quantitative estimate of drug-likeness (QED) is 0.717. The molecule has 0 fully saturated rings. The van der Waals surface area contributed by atoms with Gasteiger partial charge in [0.15, 0.2) is 0 Å². The van der Waals surface area contributed by atoms with Crippen LogP contribution in [0.2, 0.25) is 0 Å². The van der Waals surface area contributed by atoms with Gasteiger partial charge in [0.25, 0.3) is 5.91 Å². The summed E-state index contributed by atoms with van der Waals surface area (Å²) < 4.78 is 0. The molecule has 138 valence electrons. The average molecular weight is 361 g/mol. The molecule has 2 heterocycles. The van der Waals surface area contributed by atoms with Gasteiger partial charge in [0.2, 0.25) is 5.95 Å². The number of anilines is 2. The Hall–Kier alpha value is -3.28. The Morgan fingerprint density at radius 3 is 2.48 bits per heavy atom. The van der Waals surface area contributed by atoms with E-state index in [9.17, 15) is 4.79 Å². The molecule has 0 saturated heterocycles. The number of carbonyl (C=O) groups is 1. The number of carbonyl (C=O) groups excluding carboxylic acids is 1. The Kier molecular flexibility index (Phi) is 5.45. The van der Waals surface area contributed by atoms with Gasteiger partial charge in [0.1, 0.15) is 5.69 Å². The van der Waals surface area contributed by atoms with Crippen molar-refractivity contribution in [2.45, 2.75) is 32.7 Å². The van der Waals surface area contributed by atoms with Crippen LogP contribution in [0.3, 0.4) is 0 Å². The number of para-hydroxylation sites is 1. The molecule has 0 aliphatic heterocycles. The summed E-state index contributed by atoms with van der Waals surface area (Å²) in [4.78, 5) is 25.2. The minimum atomic E-state index is -0.263. The lowest BCUT2D eigenvalue weighted by Crippen LogP contribution is -2.20. The van der Waals surface area contributed by atoms with Gasteiger partial charge in [-0.25, -0.2) is 9.97 Å². The summed E-state index contributed by atoms with van der Waals surface area (Å²) in [5, 5.41) is 6.09. The van der Waals surface area contributed by atoms with E-state index in [1.807, 2.05) is 36.4 Å². The van der Waals surface area contributed by atoms with Crippen LogP contribution in [0.1, 0.15) is 42.4 Å². The van der Waals surface area contributed by atoms with E-state index in [0.717, 1.165) is 16.8 Å². The van der Waals surface area contributed by atoms with Gasteiger partial charge in [-0.1, -0.05) is 39.0 Å². The van der Waals surface area contributed by atoms with Gasteiger partial charge in [-0.2, -0.15) is 0 Å². The predicted octanol–water partition coefficient (Wildman–Crippen LogP) is 4.03. The van der Waals surface area contributed by atoms with Crippen molar-refractivity contribution in [2.75, 3.05) is 10.6 Å². The molecule has 0 aliphatic rings. The van der Waals surface area contributed by atoms with Gasteiger partial charge in [-0.05, 0) is 40.8 Å². The third kappa shape index (κ3) is 4.88. The number of amides is 1. The zero-order valence-corrected chi connectivity index (χ0v) is 15.7. The second-order valence-corrected chi connectivity index (χ2v) is 7.22. The molecule has 1 aromatic carbocycles. The minimum Gasteiger partial charge on any atom is -0.350 e. The van der Waals surface area contributed by atoms with Crippen molar-refractivity contribution in [1.82, 2.24) is 15.0 Å². The smallest absolute Gasteiger partial charge is 0.274 e. The summed E-state index contributed by atoms with van der Waals surface area (Å²) >= 11 is 0. The molecular formula is C21H23N5O. The lowest BCUT2D eigenvalue weighted by molar-refractivity contribution is 0.102. The van der Waals surface area contributed by atoms with Gasteiger partial charge >= 0.3 is 0 Å². The van der Waals surface area contributed by atoms with Crippen LogP contribution in [-0.2, 0) is 12.0 Å². The lowest BCUT2D eigenvalue weighted by Gasteiger charge is -2.22. The average Bonchev–Trinajstić information content (AvgIpc) is 2.67. The first-order valence-corrected chi connectivity index (χ1v) is 8.80. The monoisotopic (exact) mass is 361 g/mol. The third-order valence-electron chi connectivity index (χ3n) is 4.07. The second kappa shape index (κ2) is 7.95. The number of aromatic nitrogens is 3. The van der Waals surface area contributed by atoms with Crippen molar-refractivity contribution in [2.24, 2.45) is 0 Å². The van der Waals surface area contributed by atoms with E-state index in [1.54, 1.807) is 24.7 Å². The molecular weight excluding hydrogens is 338 g/mol. The van der Waals surface area contributed by atoms with Gasteiger partial charge in [0.05, 0.1) is 0 Å². The van der Waals surface area contributed by atoms with E-state index >= 15 is 0 Å². The molecule has 3 rings (SSSR count). The first-order chi connectivity index (χ1) is 12.9. The Balaban J connectivity index is 1.73. The molecule has 0 radical (unpaired) electrons. The number of pyridine rings is 1. The number of hydrogen-bond acceptors (Lipinski definition) is 5. The van der Waals surface area contributed by atoms with Gasteiger partial charge in [-0.15, -0.1) is 0 Å². The summed E-state index contributed by atoms with van der Waals surface area (Å²) in [5.41, 5.74) is 3.16. The topological polar surface area (TPSA) is 79.8 Å². The number of nitrogens with zero attached hydrogens (tertiary/aromatic N) is 3. The Labute approximate surface area is 159 Å². The zero-order chi connectivity index (χ0) is 19.3. The van der Waals surface area contributed by atoms with Crippen LogP contribution in [-0.4, -0.2) is 20.9 Å². The molecule has 2 aromatic heterocycles. The standard InChI is InChI=1S/C21H23N5O/c1-21(2,3)16-6-4-5-7-17(16)25-19(27)18-10-13-23-20(26-18)24-14-15-8-11-22-12-9-15/h4-13H,14H2,1-3H3,(H,25,27)(H,23,24,26). The lowest BCUT2D eigenvalue weighted by atomic mass is 9.86. The minimum absolute atomic E-state index is 0.0766. The first kappa shape index (κ1) is 18.5. The summed E-state index contributed by atoms with van der Waals surface area (Å²) in [6.07, 6.45) is 5.04. The van der Waals surface area contributed by atoms with Crippen molar-refractivity contribution in [1.29, 1.82) is 0 Å². The summed E-state index contributed by atoms with van der Waals surface area (Å²) in [5.74, 6) is 0.143. The number of hydrogen-bond donors (Lipinski definition) is 2. The molecule has 0 saturated carbocycles. The van der Waals surface area contributed by atoms with Gasteiger partial charge in [0, 0.05) is 30.8 Å². The molecule has 6 nitrogen and oxygen atoms in total. The SMILES string of the molecule is CC(C)(C)c1ccccc1NC(=O)c1ccnc(NCc2ccncc2)n1. The highest BCUT2D eigenvalue weighted by atomic mass is 16.1. The molecule has 1 amide bonds. The molecule has 0 aliphatic carbocycles. The van der Waals surface area contributed by atoms with Crippen LogP contribution in [0.4, 0.5) is 11.6 Å². The maximum Gasteiger partial charge on any atom is 0.274 e. The highest BCUT2D eigenvalue weighted by Gasteiger charge is 2.19. The summed E-state index contributed by atoms with van der Waals surface area (Å²) in [6, 6.07) is 13.2. The zero-order valence-electron chi connectivity index (χ0n) is 15.7. The van der Waals surface area contributed by atoms with Crippen LogP contribution >= 0.6 is 0 Å². The van der Waals surface area contributed by atoms with Crippen molar-refractivity contribution in [3.05, 3.63) is 77.9 Å². The molecule has 3 aromatic rings. The van der Waals surface area contributed by atoms with Crippen LogP contribution in [0.15, 0.2) is 61.1 Å². The molecule has 0 bridgehead atoms.